The first-order chi connectivity index (χ1) is 9.61. The van der Waals surface area contributed by atoms with Crippen LogP contribution < -0.4 is 15.8 Å². The Kier molecular flexibility index (Phi) is 4.57. The number of nitrogens with two attached hydrogens (primary N) is 1. The highest BCUT2D eigenvalue weighted by molar-refractivity contribution is 7.09. The van der Waals surface area contributed by atoms with Crippen LogP contribution in [0.1, 0.15) is 20.9 Å². The number of thiazole rings is 1. The Morgan fingerprint density at radius 1 is 1.50 bits per heavy atom. The highest BCUT2D eigenvalue weighted by Gasteiger charge is 2.08. The lowest BCUT2D eigenvalue weighted by Gasteiger charge is -2.10. The molecule has 0 radical (unpaired) electrons. The van der Waals surface area contributed by atoms with E-state index in [1.165, 1.54) is 4.88 Å². The summed E-state index contributed by atoms with van der Waals surface area (Å²) >= 11 is 1.61. The van der Waals surface area contributed by atoms with E-state index in [0.29, 0.717) is 23.6 Å². The number of carbonyl (C=O) groups excluding carboxylic acids is 1. The molecule has 1 aromatic carbocycles. The van der Waals surface area contributed by atoms with Crippen LogP contribution in [0.25, 0.3) is 0 Å². The van der Waals surface area contributed by atoms with Crippen molar-refractivity contribution in [3.63, 3.8) is 0 Å². The molecule has 1 aromatic heterocycles. The Hall–Kier alpha value is -2.08. The van der Waals surface area contributed by atoms with Crippen molar-refractivity contribution in [2.75, 3.05) is 19.4 Å². The first-order valence-electron chi connectivity index (χ1n) is 6.25. The molecule has 5 nitrogen and oxygen atoms in total. The molecule has 0 bridgehead atoms. The normalized spacial score (nSPS) is 10.3. The third kappa shape index (κ3) is 3.27. The smallest absolute Gasteiger partial charge is 0.251 e. The van der Waals surface area contributed by atoms with Gasteiger partial charge in [-0.25, -0.2) is 4.98 Å². The van der Waals surface area contributed by atoms with Gasteiger partial charge in [-0.05, 0) is 25.1 Å². The van der Waals surface area contributed by atoms with Crippen molar-refractivity contribution in [1.82, 2.24) is 10.3 Å². The molecule has 1 amide bonds. The van der Waals surface area contributed by atoms with Gasteiger partial charge in [0.25, 0.3) is 5.91 Å². The maximum absolute atomic E-state index is 11.6. The van der Waals surface area contributed by atoms with Crippen molar-refractivity contribution in [1.29, 1.82) is 0 Å². The van der Waals surface area contributed by atoms with Gasteiger partial charge in [0, 0.05) is 23.9 Å². The molecule has 106 valence electrons. The number of nitrogen functional groups attached to an aromatic ring is 1. The number of aromatic nitrogens is 1. The molecular weight excluding hydrogens is 274 g/mol. The van der Waals surface area contributed by atoms with E-state index in [0.717, 1.165) is 12.1 Å². The molecule has 0 saturated heterocycles. The summed E-state index contributed by atoms with van der Waals surface area (Å²) in [5.41, 5.74) is 9.77. The van der Waals surface area contributed by atoms with Gasteiger partial charge in [0.15, 0.2) is 0 Å². The quantitative estimate of drug-likeness (QED) is 0.826. The van der Waals surface area contributed by atoms with Crippen molar-refractivity contribution in [2.24, 2.45) is 0 Å². The van der Waals surface area contributed by atoms with E-state index in [-0.39, 0.29) is 5.91 Å². The van der Waals surface area contributed by atoms with Gasteiger partial charge in [-0.3, -0.25) is 4.79 Å². The Bertz CT molecular complexity index is 610. The zero-order valence-electron chi connectivity index (χ0n) is 11.5. The van der Waals surface area contributed by atoms with E-state index in [2.05, 4.69) is 10.3 Å². The van der Waals surface area contributed by atoms with Crippen LogP contribution in [0.3, 0.4) is 0 Å². The Morgan fingerprint density at radius 3 is 2.95 bits per heavy atom. The van der Waals surface area contributed by atoms with Crippen molar-refractivity contribution < 1.29 is 9.53 Å². The summed E-state index contributed by atoms with van der Waals surface area (Å²) in [6.45, 7) is 2.48. The van der Waals surface area contributed by atoms with Crippen LogP contribution in [-0.4, -0.2) is 24.5 Å². The van der Waals surface area contributed by atoms with Crippen LogP contribution in [0.2, 0.25) is 0 Å². The van der Waals surface area contributed by atoms with Gasteiger partial charge >= 0.3 is 0 Å². The van der Waals surface area contributed by atoms with Gasteiger partial charge in [0.05, 0.1) is 23.5 Å². The second kappa shape index (κ2) is 6.38. The van der Waals surface area contributed by atoms with E-state index in [1.807, 2.05) is 12.4 Å². The number of hydrogen-bond acceptors (Lipinski definition) is 5. The Labute approximate surface area is 121 Å². The lowest BCUT2D eigenvalue weighted by Crippen LogP contribution is -2.18. The molecular formula is C14H17N3O2S. The summed E-state index contributed by atoms with van der Waals surface area (Å²) in [5, 5.41) is 2.57. The van der Waals surface area contributed by atoms with E-state index < -0.39 is 0 Å². The fraction of sp³-hybridized carbons (Fsp3) is 0.286. The number of nitrogens with one attached hydrogen (secondary N) is 1. The van der Waals surface area contributed by atoms with Gasteiger partial charge in [-0.2, -0.15) is 0 Å². The lowest BCUT2D eigenvalue weighted by atomic mass is 10.2. The predicted molar refractivity (Wildman–Crippen MR) is 80.3 cm³/mol. The first kappa shape index (κ1) is 14.3. The SMILES string of the molecule is CNC(=O)c1ccc(N)c(OCCc2scnc2C)c1. The third-order valence-corrected chi connectivity index (χ3v) is 3.93. The molecule has 1 heterocycles. The number of benzene rings is 1. The average molecular weight is 291 g/mol. The van der Waals surface area contributed by atoms with Gasteiger partial charge in [0.2, 0.25) is 0 Å². The van der Waals surface area contributed by atoms with Crippen molar-refractivity contribution in [2.45, 2.75) is 13.3 Å². The number of amides is 1. The summed E-state index contributed by atoms with van der Waals surface area (Å²) in [5.74, 6) is 0.376. The monoisotopic (exact) mass is 291 g/mol. The zero-order chi connectivity index (χ0) is 14.5. The molecule has 3 N–H and O–H groups in total. The Balaban J connectivity index is 2.02. The highest BCUT2D eigenvalue weighted by atomic mass is 32.1. The molecule has 0 saturated carbocycles. The van der Waals surface area contributed by atoms with E-state index in [4.69, 9.17) is 10.5 Å². The van der Waals surface area contributed by atoms with Gasteiger partial charge in [-0.15, -0.1) is 11.3 Å². The fourth-order valence-electron chi connectivity index (χ4n) is 1.76. The molecule has 20 heavy (non-hydrogen) atoms. The van der Waals surface area contributed by atoms with E-state index >= 15 is 0 Å². The zero-order valence-corrected chi connectivity index (χ0v) is 12.3. The molecule has 0 fully saturated rings. The number of ether oxygens (including phenoxy) is 1. The average Bonchev–Trinajstić information content (AvgIpc) is 2.85. The second-order valence-corrected chi connectivity index (χ2v) is 5.23. The molecule has 0 spiro atoms. The molecule has 0 aliphatic heterocycles. The first-order valence-corrected chi connectivity index (χ1v) is 7.13. The summed E-state index contributed by atoms with van der Waals surface area (Å²) < 4.78 is 5.67. The highest BCUT2D eigenvalue weighted by Crippen LogP contribution is 2.23. The van der Waals surface area contributed by atoms with Crippen molar-refractivity contribution in [3.8, 4) is 5.75 Å². The van der Waals surface area contributed by atoms with Crippen LogP contribution >= 0.6 is 11.3 Å². The summed E-state index contributed by atoms with van der Waals surface area (Å²) in [7, 11) is 1.59. The maximum atomic E-state index is 11.6. The standard InChI is InChI=1S/C14H17N3O2S/c1-9-13(20-8-17-9)5-6-19-12-7-10(14(18)16-2)3-4-11(12)15/h3-4,7-8H,5-6,15H2,1-2H3,(H,16,18). The van der Waals surface area contributed by atoms with Crippen molar-refractivity contribution >= 4 is 22.9 Å². The molecule has 0 aliphatic rings. The van der Waals surface area contributed by atoms with Gasteiger partial charge in [-0.1, -0.05) is 0 Å². The van der Waals surface area contributed by atoms with Crippen molar-refractivity contribution in [3.05, 3.63) is 39.8 Å². The molecule has 2 aromatic rings. The van der Waals surface area contributed by atoms with Crippen LogP contribution in [0.5, 0.6) is 5.75 Å². The number of nitrogens with zero attached hydrogens (tertiary/aromatic N) is 1. The lowest BCUT2D eigenvalue weighted by molar-refractivity contribution is 0.0962. The summed E-state index contributed by atoms with van der Waals surface area (Å²) in [4.78, 5) is 17.0. The molecule has 2 rings (SSSR count). The van der Waals surface area contributed by atoms with E-state index in [1.54, 1.807) is 36.6 Å². The number of rotatable bonds is 5. The van der Waals surface area contributed by atoms with Crippen LogP contribution in [0.4, 0.5) is 5.69 Å². The second-order valence-electron chi connectivity index (χ2n) is 4.29. The summed E-state index contributed by atoms with van der Waals surface area (Å²) in [6, 6.07) is 5.01. The maximum Gasteiger partial charge on any atom is 0.251 e. The number of anilines is 1. The minimum atomic E-state index is -0.159. The Morgan fingerprint density at radius 2 is 2.30 bits per heavy atom. The minimum Gasteiger partial charge on any atom is -0.491 e. The van der Waals surface area contributed by atoms with Gasteiger partial charge in [0.1, 0.15) is 5.75 Å². The number of aryl methyl sites for hydroxylation is 1. The topological polar surface area (TPSA) is 77.2 Å². The molecule has 0 atom stereocenters. The van der Waals surface area contributed by atoms with Gasteiger partial charge < -0.3 is 15.8 Å². The fourth-order valence-corrected chi connectivity index (χ4v) is 2.53. The van der Waals surface area contributed by atoms with Crippen LogP contribution in [0.15, 0.2) is 23.7 Å². The largest absolute Gasteiger partial charge is 0.491 e. The van der Waals surface area contributed by atoms with Crippen LogP contribution in [0, 0.1) is 6.92 Å². The minimum absolute atomic E-state index is 0.159. The predicted octanol–water partition coefficient (Wildman–Crippen LogP) is 2.01. The van der Waals surface area contributed by atoms with E-state index in [9.17, 15) is 4.79 Å². The van der Waals surface area contributed by atoms with Crippen LogP contribution in [-0.2, 0) is 6.42 Å². The summed E-state index contributed by atoms with van der Waals surface area (Å²) in [6.07, 6.45) is 0.778. The molecule has 0 aliphatic carbocycles. The third-order valence-electron chi connectivity index (χ3n) is 2.93. The number of carbonyl (C=O) groups is 1. The number of hydrogen-bond donors (Lipinski definition) is 2. The molecule has 0 unspecified atom stereocenters. The molecule has 6 heteroatoms.